The van der Waals surface area contributed by atoms with Gasteiger partial charge in [-0.05, 0) is 47.2 Å². The fourth-order valence-electron chi connectivity index (χ4n) is 2.64. The third-order valence-electron chi connectivity index (χ3n) is 3.92. The number of pyridine rings is 1. The van der Waals surface area contributed by atoms with Crippen LogP contribution in [0.5, 0.6) is 0 Å². The van der Waals surface area contributed by atoms with Crippen molar-refractivity contribution in [3.05, 3.63) is 89.6 Å². The highest BCUT2D eigenvalue weighted by molar-refractivity contribution is 5.61. The Labute approximate surface area is 132 Å². The predicted octanol–water partition coefficient (Wildman–Crippen LogP) is 5.46. The molecule has 0 N–H and O–H groups in total. The van der Waals surface area contributed by atoms with Crippen LogP contribution in [-0.4, -0.2) is 4.98 Å². The Kier molecular flexibility index (Phi) is 4.34. The molecule has 0 aliphatic carbocycles. The van der Waals surface area contributed by atoms with Crippen LogP contribution in [0.1, 0.15) is 36.5 Å². The van der Waals surface area contributed by atoms with Gasteiger partial charge in [0.1, 0.15) is 0 Å². The van der Waals surface area contributed by atoms with E-state index in [9.17, 15) is 0 Å². The molecule has 3 aromatic rings. The molecule has 1 nitrogen and oxygen atoms in total. The summed E-state index contributed by atoms with van der Waals surface area (Å²) in [5.41, 5.74) is 6.24. The fourth-order valence-corrected chi connectivity index (χ4v) is 2.64. The first-order chi connectivity index (χ1) is 10.7. The molecule has 0 bridgehead atoms. The van der Waals surface area contributed by atoms with Crippen molar-refractivity contribution < 1.29 is 0 Å². The highest BCUT2D eigenvalue weighted by atomic mass is 14.7. The van der Waals surface area contributed by atoms with Crippen LogP contribution in [0.25, 0.3) is 11.3 Å². The molecule has 2 aromatic carbocycles. The van der Waals surface area contributed by atoms with Crippen molar-refractivity contribution >= 4 is 0 Å². The molecule has 0 spiro atoms. The third-order valence-corrected chi connectivity index (χ3v) is 3.92. The average Bonchev–Trinajstić information content (AvgIpc) is 2.56. The number of hydrogen-bond acceptors (Lipinski definition) is 1. The van der Waals surface area contributed by atoms with E-state index in [0.717, 1.165) is 12.1 Å². The number of nitrogens with zero attached hydrogens (tertiary/aromatic N) is 1. The number of aromatic nitrogens is 1. The van der Waals surface area contributed by atoms with E-state index in [2.05, 4.69) is 85.6 Å². The van der Waals surface area contributed by atoms with E-state index in [4.69, 9.17) is 0 Å². The molecule has 1 heterocycles. The molecule has 0 saturated carbocycles. The smallest absolute Gasteiger partial charge is 0.0704 e. The van der Waals surface area contributed by atoms with Gasteiger partial charge in [-0.3, -0.25) is 4.98 Å². The lowest BCUT2D eigenvalue weighted by Gasteiger charge is -2.09. The zero-order valence-electron chi connectivity index (χ0n) is 13.2. The average molecular weight is 287 g/mol. The number of rotatable bonds is 4. The van der Waals surface area contributed by atoms with E-state index >= 15 is 0 Å². The molecular formula is C21H21N. The maximum Gasteiger partial charge on any atom is 0.0704 e. The molecule has 1 aromatic heterocycles. The Bertz CT molecular complexity index is 745. The zero-order chi connectivity index (χ0) is 15.4. The molecule has 0 fully saturated rings. The van der Waals surface area contributed by atoms with Crippen LogP contribution in [0.3, 0.4) is 0 Å². The third kappa shape index (κ3) is 3.43. The van der Waals surface area contributed by atoms with Gasteiger partial charge in [-0.2, -0.15) is 0 Å². The summed E-state index contributed by atoms with van der Waals surface area (Å²) < 4.78 is 0. The van der Waals surface area contributed by atoms with Crippen molar-refractivity contribution in [2.75, 3.05) is 0 Å². The number of benzene rings is 2. The summed E-state index contributed by atoms with van der Waals surface area (Å²) in [6, 6.07) is 23.6. The molecule has 110 valence electrons. The largest absolute Gasteiger partial charge is 0.256 e. The summed E-state index contributed by atoms with van der Waals surface area (Å²) in [4.78, 5) is 4.54. The molecule has 0 radical (unpaired) electrons. The van der Waals surface area contributed by atoms with E-state index in [0.29, 0.717) is 5.92 Å². The summed E-state index contributed by atoms with van der Waals surface area (Å²) in [7, 11) is 0. The van der Waals surface area contributed by atoms with E-state index in [1.54, 1.807) is 0 Å². The van der Waals surface area contributed by atoms with Crippen molar-refractivity contribution in [1.82, 2.24) is 4.98 Å². The van der Waals surface area contributed by atoms with E-state index in [-0.39, 0.29) is 0 Å². The van der Waals surface area contributed by atoms with Gasteiger partial charge < -0.3 is 0 Å². The normalized spacial score (nSPS) is 10.9. The fraction of sp³-hybridized carbons (Fsp3) is 0.190. The van der Waals surface area contributed by atoms with Gasteiger partial charge >= 0.3 is 0 Å². The van der Waals surface area contributed by atoms with Crippen LogP contribution >= 0.6 is 0 Å². The van der Waals surface area contributed by atoms with Crippen molar-refractivity contribution in [3.8, 4) is 11.3 Å². The van der Waals surface area contributed by atoms with Crippen molar-refractivity contribution in [2.45, 2.75) is 26.2 Å². The van der Waals surface area contributed by atoms with Crippen LogP contribution in [0.15, 0.2) is 72.9 Å². The van der Waals surface area contributed by atoms with Crippen molar-refractivity contribution in [1.29, 1.82) is 0 Å². The second kappa shape index (κ2) is 6.57. The van der Waals surface area contributed by atoms with E-state index in [1.807, 2.05) is 6.20 Å². The van der Waals surface area contributed by atoms with Gasteiger partial charge in [-0.1, -0.05) is 62.4 Å². The van der Waals surface area contributed by atoms with Crippen LogP contribution < -0.4 is 0 Å². The molecular weight excluding hydrogens is 266 g/mol. The monoisotopic (exact) mass is 287 g/mol. The molecule has 0 saturated heterocycles. The van der Waals surface area contributed by atoms with Gasteiger partial charge in [-0.15, -0.1) is 0 Å². The molecule has 1 heteroatoms. The van der Waals surface area contributed by atoms with Crippen LogP contribution in [0.4, 0.5) is 0 Å². The van der Waals surface area contributed by atoms with Crippen LogP contribution in [0, 0.1) is 0 Å². The lowest BCUT2D eigenvalue weighted by Crippen LogP contribution is -1.92. The minimum absolute atomic E-state index is 0.522. The highest BCUT2D eigenvalue weighted by Gasteiger charge is 2.05. The predicted molar refractivity (Wildman–Crippen MR) is 93.0 cm³/mol. The van der Waals surface area contributed by atoms with Gasteiger partial charge in [0, 0.05) is 11.8 Å². The van der Waals surface area contributed by atoms with Crippen molar-refractivity contribution in [2.24, 2.45) is 0 Å². The van der Waals surface area contributed by atoms with Crippen molar-refractivity contribution in [3.63, 3.8) is 0 Å². The Hall–Kier alpha value is -2.41. The first-order valence-corrected chi connectivity index (χ1v) is 7.81. The van der Waals surface area contributed by atoms with Gasteiger partial charge in [0.25, 0.3) is 0 Å². The standard InChI is InChI=1S/C21H21N/c1-16(2)19-11-12-22-21(15-19)20-10-6-9-18(14-20)13-17-7-4-3-5-8-17/h3-12,14-16H,13H2,1-2H3. The Morgan fingerprint density at radius 3 is 2.36 bits per heavy atom. The van der Waals surface area contributed by atoms with E-state index < -0.39 is 0 Å². The minimum atomic E-state index is 0.522. The summed E-state index contributed by atoms with van der Waals surface area (Å²) in [5.74, 6) is 0.522. The number of hydrogen-bond donors (Lipinski definition) is 0. The summed E-state index contributed by atoms with van der Waals surface area (Å²) in [5, 5.41) is 0. The Balaban J connectivity index is 1.89. The Morgan fingerprint density at radius 2 is 1.59 bits per heavy atom. The molecule has 0 atom stereocenters. The SMILES string of the molecule is CC(C)c1ccnc(-c2cccc(Cc3ccccc3)c2)c1. The second-order valence-corrected chi connectivity index (χ2v) is 5.99. The molecule has 3 rings (SSSR count). The maximum absolute atomic E-state index is 4.54. The highest BCUT2D eigenvalue weighted by Crippen LogP contribution is 2.23. The van der Waals surface area contributed by atoms with Gasteiger partial charge in [0.2, 0.25) is 0 Å². The summed E-state index contributed by atoms with van der Waals surface area (Å²) in [6.07, 6.45) is 2.87. The molecule has 0 aliphatic heterocycles. The molecule has 0 unspecified atom stereocenters. The topological polar surface area (TPSA) is 12.9 Å². The van der Waals surface area contributed by atoms with Gasteiger partial charge in [0.05, 0.1) is 5.69 Å². The van der Waals surface area contributed by atoms with Gasteiger partial charge in [-0.25, -0.2) is 0 Å². The quantitative estimate of drug-likeness (QED) is 0.620. The lowest BCUT2D eigenvalue weighted by atomic mass is 9.99. The zero-order valence-corrected chi connectivity index (χ0v) is 13.2. The van der Waals surface area contributed by atoms with Crippen LogP contribution in [0.2, 0.25) is 0 Å². The maximum atomic E-state index is 4.54. The molecule has 0 aliphatic rings. The minimum Gasteiger partial charge on any atom is -0.256 e. The van der Waals surface area contributed by atoms with E-state index in [1.165, 1.54) is 22.3 Å². The first-order valence-electron chi connectivity index (χ1n) is 7.81. The first kappa shape index (κ1) is 14.5. The summed E-state index contributed by atoms with van der Waals surface area (Å²) in [6.45, 7) is 4.43. The van der Waals surface area contributed by atoms with Gasteiger partial charge in [0.15, 0.2) is 0 Å². The summed E-state index contributed by atoms with van der Waals surface area (Å²) >= 11 is 0. The van der Waals surface area contributed by atoms with Crippen LogP contribution in [-0.2, 0) is 6.42 Å². The molecule has 22 heavy (non-hydrogen) atoms. The molecule has 0 amide bonds. The second-order valence-electron chi connectivity index (χ2n) is 5.99. The lowest BCUT2D eigenvalue weighted by molar-refractivity contribution is 0.864. The Morgan fingerprint density at radius 1 is 0.818 bits per heavy atom.